The van der Waals surface area contributed by atoms with E-state index in [-0.39, 0.29) is 5.02 Å². The molecule has 0 spiro atoms. The molecule has 0 atom stereocenters. The van der Waals surface area contributed by atoms with Crippen LogP contribution in [0.3, 0.4) is 0 Å². The van der Waals surface area contributed by atoms with Gasteiger partial charge in [-0.2, -0.15) is 0 Å². The maximum Gasteiger partial charge on any atom is 0.338 e. The molecule has 0 unspecified atom stereocenters. The van der Waals surface area contributed by atoms with E-state index in [1.807, 2.05) is 0 Å². The van der Waals surface area contributed by atoms with Gasteiger partial charge in [0.25, 0.3) is 0 Å². The molecule has 1 aliphatic rings. The van der Waals surface area contributed by atoms with Crippen LogP contribution in [0.15, 0.2) is 17.0 Å². The minimum Gasteiger partial charge on any atom is -0.478 e. The van der Waals surface area contributed by atoms with Crippen molar-refractivity contribution >= 4 is 27.6 Å². The zero-order valence-corrected chi connectivity index (χ0v) is 12.2. The standard InChI is InChI=1S/C12H13ClFNO4S/c1-12(3-2-4-12)15-20(18,19)9-6-7(13)5-8(10(9)14)11(16)17/h5-6,15H,2-4H2,1H3,(H,16,17). The Morgan fingerprint density at radius 2 is 2.05 bits per heavy atom. The first-order valence-corrected chi connectivity index (χ1v) is 7.77. The maximum atomic E-state index is 14.0. The van der Waals surface area contributed by atoms with Crippen molar-refractivity contribution in [2.24, 2.45) is 0 Å². The first-order chi connectivity index (χ1) is 9.15. The Morgan fingerprint density at radius 3 is 2.50 bits per heavy atom. The van der Waals surface area contributed by atoms with Crippen LogP contribution in [0.1, 0.15) is 36.5 Å². The summed E-state index contributed by atoms with van der Waals surface area (Å²) in [5, 5.41) is 8.71. The first-order valence-electron chi connectivity index (χ1n) is 5.91. The van der Waals surface area contributed by atoms with E-state index < -0.39 is 37.8 Å². The highest BCUT2D eigenvalue weighted by atomic mass is 35.5. The molecule has 1 aliphatic carbocycles. The molecule has 8 heteroatoms. The summed E-state index contributed by atoms with van der Waals surface area (Å²) in [5.41, 5.74) is -1.38. The summed E-state index contributed by atoms with van der Waals surface area (Å²) >= 11 is 5.67. The van der Waals surface area contributed by atoms with Crippen LogP contribution in [-0.2, 0) is 10.0 Å². The van der Waals surface area contributed by atoms with Gasteiger partial charge in [0.1, 0.15) is 4.90 Å². The topological polar surface area (TPSA) is 83.5 Å². The van der Waals surface area contributed by atoms with Crippen LogP contribution in [0, 0.1) is 5.82 Å². The van der Waals surface area contributed by atoms with Gasteiger partial charge in [0.2, 0.25) is 10.0 Å². The van der Waals surface area contributed by atoms with Crippen molar-refractivity contribution in [1.82, 2.24) is 4.72 Å². The fourth-order valence-corrected chi connectivity index (χ4v) is 3.98. The predicted octanol–water partition coefficient (Wildman–Crippen LogP) is 2.40. The van der Waals surface area contributed by atoms with E-state index in [9.17, 15) is 17.6 Å². The van der Waals surface area contributed by atoms with Crippen molar-refractivity contribution in [3.05, 3.63) is 28.5 Å². The van der Waals surface area contributed by atoms with Gasteiger partial charge in [-0.1, -0.05) is 11.6 Å². The Bertz CT molecular complexity index is 670. The van der Waals surface area contributed by atoms with Gasteiger partial charge in [-0.05, 0) is 38.3 Å². The number of carboxylic acid groups (broad SMARTS) is 1. The number of nitrogens with one attached hydrogen (secondary N) is 1. The second kappa shape index (κ2) is 4.98. The molecule has 5 nitrogen and oxygen atoms in total. The molecule has 0 aromatic heterocycles. The third-order valence-electron chi connectivity index (χ3n) is 3.36. The lowest BCUT2D eigenvalue weighted by Crippen LogP contribution is -2.50. The molecule has 20 heavy (non-hydrogen) atoms. The number of rotatable bonds is 4. The SMILES string of the molecule is CC1(NS(=O)(=O)c2cc(Cl)cc(C(=O)O)c2F)CCC1. The lowest BCUT2D eigenvalue weighted by atomic mass is 9.80. The number of carbonyl (C=O) groups is 1. The highest BCUT2D eigenvalue weighted by molar-refractivity contribution is 7.89. The largest absolute Gasteiger partial charge is 0.478 e. The van der Waals surface area contributed by atoms with Gasteiger partial charge in [0.05, 0.1) is 5.56 Å². The second-order valence-electron chi connectivity index (χ2n) is 5.09. The summed E-state index contributed by atoms with van der Waals surface area (Å²) in [6.07, 6.45) is 2.19. The van der Waals surface area contributed by atoms with Gasteiger partial charge < -0.3 is 5.11 Å². The van der Waals surface area contributed by atoms with E-state index in [2.05, 4.69) is 4.72 Å². The number of aromatic carboxylic acids is 1. The summed E-state index contributed by atoms with van der Waals surface area (Å²) in [6, 6.07) is 1.79. The average Bonchev–Trinajstić information content (AvgIpc) is 2.28. The Kier molecular flexibility index (Phi) is 3.79. The van der Waals surface area contributed by atoms with E-state index in [1.54, 1.807) is 6.92 Å². The fraction of sp³-hybridized carbons (Fsp3) is 0.417. The Balaban J connectivity index is 2.48. The third-order valence-corrected chi connectivity index (χ3v) is 5.22. The normalized spacial score (nSPS) is 17.6. The van der Waals surface area contributed by atoms with Crippen LogP contribution >= 0.6 is 11.6 Å². The zero-order chi connectivity index (χ0) is 15.1. The van der Waals surface area contributed by atoms with Gasteiger partial charge >= 0.3 is 5.97 Å². The molecule has 1 fully saturated rings. The summed E-state index contributed by atoms with van der Waals surface area (Å²) in [7, 11) is -4.16. The van der Waals surface area contributed by atoms with E-state index in [0.29, 0.717) is 12.8 Å². The fourth-order valence-electron chi connectivity index (χ4n) is 2.10. The van der Waals surface area contributed by atoms with Gasteiger partial charge in [0.15, 0.2) is 5.82 Å². The molecule has 1 aromatic rings. The average molecular weight is 322 g/mol. The van der Waals surface area contributed by atoms with Crippen LogP contribution in [0.2, 0.25) is 5.02 Å². The molecule has 2 rings (SSSR count). The Labute approximate surface area is 120 Å². The molecule has 0 heterocycles. The summed E-state index contributed by atoms with van der Waals surface area (Å²) in [4.78, 5) is 10.2. The monoisotopic (exact) mass is 321 g/mol. The first kappa shape index (κ1) is 15.2. The smallest absolute Gasteiger partial charge is 0.338 e. The molecule has 0 saturated heterocycles. The molecule has 1 saturated carbocycles. The van der Waals surface area contributed by atoms with Crippen molar-refractivity contribution in [3.63, 3.8) is 0 Å². The molecule has 0 amide bonds. The summed E-state index contributed by atoms with van der Waals surface area (Å²) in [6.45, 7) is 1.72. The van der Waals surface area contributed by atoms with Crippen molar-refractivity contribution in [2.75, 3.05) is 0 Å². The quantitative estimate of drug-likeness (QED) is 0.892. The molecule has 110 valence electrons. The van der Waals surface area contributed by atoms with Crippen LogP contribution in [0.4, 0.5) is 4.39 Å². The van der Waals surface area contributed by atoms with Crippen molar-refractivity contribution in [2.45, 2.75) is 36.6 Å². The number of hydrogen-bond donors (Lipinski definition) is 2. The van der Waals surface area contributed by atoms with Crippen LogP contribution in [0.5, 0.6) is 0 Å². The van der Waals surface area contributed by atoms with E-state index in [4.69, 9.17) is 16.7 Å². The van der Waals surface area contributed by atoms with E-state index >= 15 is 0 Å². The van der Waals surface area contributed by atoms with Gasteiger partial charge in [-0.25, -0.2) is 22.3 Å². The Hall–Kier alpha value is -1.18. The molecule has 0 aliphatic heterocycles. The molecular formula is C12H13ClFNO4S. The minimum atomic E-state index is -4.16. The van der Waals surface area contributed by atoms with Crippen LogP contribution in [0.25, 0.3) is 0 Å². The van der Waals surface area contributed by atoms with Crippen molar-refractivity contribution in [3.8, 4) is 0 Å². The number of carboxylic acids is 1. The van der Waals surface area contributed by atoms with Crippen molar-refractivity contribution in [1.29, 1.82) is 0 Å². The lowest BCUT2D eigenvalue weighted by molar-refractivity contribution is 0.0691. The third kappa shape index (κ3) is 2.79. The van der Waals surface area contributed by atoms with Gasteiger partial charge in [0, 0.05) is 10.6 Å². The van der Waals surface area contributed by atoms with Crippen LogP contribution < -0.4 is 4.72 Å². The molecular weight excluding hydrogens is 309 g/mol. The second-order valence-corrected chi connectivity index (χ2v) is 7.18. The summed E-state index contributed by atoms with van der Waals surface area (Å²) in [5.74, 6) is -2.88. The lowest BCUT2D eigenvalue weighted by Gasteiger charge is -2.38. The predicted molar refractivity (Wildman–Crippen MR) is 70.9 cm³/mol. The number of sulfonamides is 1. The zero-order valence-electron chi connectivity index (χ0n) is 10.6. The van der Waals surface area contributed by atoms with E-state index in [0.717, 1.165) is 18.6 Å². The number of halogens is 2. The highest BCUT2D eigenvalue weighted by Gasteiger charge is 2.37. The van der Waals surface area contributed by atoms with Crippen LogP contribution in [-0.4, -0.2) is 25.0 Å². The number of hydrogen-bond acceptors (Lipinski definition) is 3. The Morgan fingerprint density at radius 1 is 1.45 bits per heavy atom. The number of benzene rings is 1. The van der Waals surface area contributed by atoms with Crippen molar-refractivity contribution < 1.29 is 22.7 Å². The van der Waals surface area contributed by atoms with Gasteiger partial charge in [-0.15, -0.1) is 0 Å². The highest BCUT2D eigenvalue weighted by Crippen LogP contribution is 2.33. The minimum absolute atomic E-state index is 0.150. The molecule has 0 radical (unpaired) electrons. The summed E-state index contributed by atoms with van der Waals surface area (Å²) < 4.78 is 40.8. The molecule has 0 bridgehead atoms. The maximum absolute atomic E-state index is 14.0. The molecule has 2 N–H and O–H groups in total. The van der Waals surface area contributed by atoms with Gasteiger partial charge in [-0.3, -0.25) is 0 Å². The van der Waals surface area contributed by atoms with E-state index in [1.165, 1.54) is 0 Å². The molecule has 1 aromatic carbocycles.